The first kappa shape index (κ1) is 16.3. The van der Waals surface area contributed by atoms with Gasteiger partial charge in [0.25, 0.3) is 0 Å². The summed E-state index contributed by atoms with van der Waals surface area (Å²) in [4.78, 5) is 8.90. The summed E-state index contributed by atoms with van der Waals surface area (Å²) >= 11 is 5.88. The van der Waals surface area contributed by atoms with Gasteiger partial charge in [-0.1, -0.05) is 35.9 Å². The molecular formula is C13H11ClF3NO2. The van der Waals surface area contributed by atoms with Gasteiger partial charge in [-0.05, 0) is 28.5 Å². The lowest BCUT2D eigenvalue weighted by molar-refractivity contribution is -0.192. The number of halogens is 4. The zero-order valence-electron chi connectivity index (χ0n) is 10.1. The molecule has 7 heteroatoms. The van der Waals surface area contributed by atoms with Crippen molar-refractivity contribution in [3.05, 3.63) is 47.0 Å². The molecule has 0 unspecified atom stereocenters. The molecular weight excluding hydrogens is 295 g/mol. The predicted octanol–water partition coefficient (Wildman–Crippen LogP) is 3.59. The fourth-order valence-electron chi connectivity index (χ4n) is 1.50. The highest BCUT2D eigenvalue weighted by Crippen LogP contribution is 2.22. The highest BCUT2D eigenvalue weighted by molar-refractivity contribution is 6.31. The molecule has 3 nitrogen and oxygen atoms in total. The van der Waals surface area contributed by atoms with Gasteiger partial charge in [0.1, 0.15) is 0 Å². The van der Waals surface area contributed by atoms with Crippen molar-refractivity contribution < 1.29 is 23.1 Å². The number of nitrogens with two attached hydrogens (primary N) is 1. The Morgan fingerprint density at radius 2 is 1.85 bits per heavy atom. The Morgan fingerprint density at radius 3 is 2.35 bits per heavy atom. The summed E-state index contributed by atoms with van der Waals surface area (Å²) in [6, 6.07) is 11.9. The third-order valence-corrected chi connectivity index (χ3v) is 2.63. The maximum atomic E-state index is 10.6. The summed E-state index contributed by atoms with van der Waals surface area (Å²) in [5.41, 5.74) is 6.78. The number of carboxylic acids is 1. The van der Waals surface area contributed by atoms with Crippen molar-refractivity contribution in [1.29, 1.82) is 0 Å². The summed E-state index contributed by atoms with van der Waals surface area (Å²) < 4.78 is 31.7. The Hall–Kier alpha value is -1.79. The zero-order valence-corrected chi connectivity index (χ0v) is 10.9. The Morgan fingerprint density at radius 1 is 1.25 bits per heavy atom. The minimum atomic E-state index is -5.08. The van der Waals surface area contributed by atoms with E-state index in [-0.39, 0.29) is 0 Å². The van der Waals surface area contributed by atoms with Crippen LogP contribution < -0.4 is 5.73 Å². The lowest BCUT2D eigenvalue weighted by Crippen LogP contribution is -2.21. The molecule has 0 radical (unpaired) electrons. The van der Waals surface area contributed by atoms with Crippen molar-refractivity contribution in [2.24, 2.45) is 5.73 Å². The predicted molar refractivity (Wildman–Crippen MR) is 70.5 cm³/mol. The minimum Gasteiger partial charge on any atom is -0.475 e. The van der Waals surface area contributed by atoms with E-state index < -0.39 is 12.1 Å². The van der Waals surface area contributed by atoms with Crippen molar-refractivity contribution in [2.45, 2.75) is 12.7 Å². The smallest absolute Gasteiger partial charge is 0.475 e. The number of carbonyl (C=O) groups is 1. The molecule has 0 saturated carbocycles. The van der Waals surface area contributed by atoms with Gasteiger partial charge >= 0.3 is 12.1 Å². The van der Waals surface area contributed by atoms with Gasteiger partial charge in [0.2, 0.25) is 0 Å². The maximum absolute atomic E-state index is 10.6. The third-order valence-electron chi connectivity index (χ3n) is 2.40. The molecule has 108 valence electrons. The molecule has 0 heterocycles. The molecule has 0 amide bonds. The van der Waals surface area contributed by atoms with Crippen LogP contribution in [0.2, 0.25) is 5.02 Å². The van der Waals surface area contributed by atoms with Crippen molar-refractivity contribution in [3.8, 4) is 0 Å². The number of benzene rings is 2. The topological polar surface area (TPSA) is 63.3 Å². The zero-order chi connectivity index (χ0) is 15.3. The van der Waals surface area contributed by atoms with E-state index in [0.717, 1.165) is 16.0 Å². The van der Waals surface area contributed by atoms with Crippen LogP contribution in [0.4, 0.5) is 13.2 Å². The van der Waals surface area contributed by atoms with Gasteiger partial charge in [-0.3, -0.25) is 0 Å². The Balaban J connectivity index is 0.000000246. The summed E-state index contributed by atoms with van der Waals surface area (Å²) in [7, 11) is 0. The highest BCUT2D eigenvalue weighted by atomic mass is 35.5. The molecule has 0 saturated heterocycles. The van der Waals surface area contributed by atoms with Gasteiger partial charge in [0.05, 0.1) is 0 Å². The van der Waals surface area contributed by atoms with Crippen LogP contribution in [0.3, 0.4) is 0 Å². The molecule has 0 atom stereocenters. The fourth-order valence-corrected chi connectivity index (χ4v) is 1.68. The quantitative estimate of drug-likeness (QED) is 0.846. The van der Waals surface area contributed by atoms with Crippen LogP contribution >= 0.6 is 11.6 Å². The lowest BCUT2D eigenvalue weighted by Gasteiger charge is -2.03. The SMILES string of the molecule is NCc1cccc2cc(Cl)ccc12.O=C(O)C(F)(F)F. The van der Waals surface area contributed by atoms with Gasteiger partial charge in [-0.2, -0.15) is 13.2 Å². The molecule has 2 rings (SSSR count). The van der Waals surface area contributed by atoms with Crippen LogP contribution in [-0.2, 0) is 11.3 Å². The van der Waals surface area contributed by atoms with E-state index in [0.29, 0.717) is 6.54 Å². The van der Waals surface area contributed by atoms with Crippen LogP contribution in [-0.4, -0.2) is 17.3 Å². The summed E-state index contributed by atoms with van der Waals surface area (Å²) in [5, 5.41) is 10.2. The average Bonchev–Trinajstić information content (AvgIpc) is 2.37. The second-order valence-electron chi connectivity index (χ2n) is 3.79. The number of hydrogen-bond donors (Lipinski definition) is 2. The lowest BCUT2D eigenvalue weighted by atomic mass is 10.1. The molecule has 2 aromatic carbocycles. The second-order valence-corrected chi connectivity index (χ2v) is 4.23. The number of aliphatic carboxylic acids is 1. The molecule has 0 aliphatic carbocycles. The number of carboxylic acid groups (broad SMARTS) is 1. The third kappa shape index (κ3) is 4.40. The average molecular weight is 306 g/mol. The normalized spacial score (nSPS) is 10.8. The van der Waals surface area contributed by atoms with E-state index in [4.69, 9.17) is 27.2 Å². The van der Waals surface area contributed by atoms with Gasteiger partial charge in [-0.25, -0.2) is 4.79 Å². The molecule has 3 N–H and O–H groups in total. The molecule has 20 heavy (non-hydrogen) atoms. The number of fused-ring (bicyclic) bond motifs is 1. The van der Waals surface area contributed by atoms with Crippen molar-refractivity contribution >= 4 is 28.3 Å². The highest BCUT2D eigenvalue weighted by Gasteiger charge is 2.38. The fraction of sp³-hybridized carbons (Fsp3) is 0.154. The van der Waals surface area contributed by atoms with E-state index in [1.807, 2.05) is 36.4 Å². The molecule has 0 aliphatic rings. The standard InChI is InChI=1S/C11H10ClN.C2HF3O2/c12-10-4-5-11-8(6-10)2-1-3-9(11)7-13;3-2(4,5)1(6)7/h1-6H,7,13H2;(H,6,7). The number of alkyl halides is 3. The van der Waals surface area contributed by atoms with Crippen LogP contribution in [0.5, 0.6) is 0 Å². The Kier molecular flexibility index (Phi) is 5.35. The Labute approximate surface area is 117 Å². The van der Waals surface area contributed by atoms with Gasteiger partial charge in [0.15, 0.2) is 0 Å². The Bertz CT molecular complexity index is 614. The first-order chi connectivity index (χ1) is 9.25. The van der Waals surface area contributed by atoms with Crippen LogP contribution in [0.25, 0.3) is 10.8 Å². The monoisotopic (exact) mass is 305 g/mol. The second kappa shape index (κ2) is 6.58. The maximum Gasteiger partial charge on any atom is 0.490 e. The largest absolute Gasteiger partial charge is 0.490 e. The van der Waals surface area contributed by atoms with E-state index in [9.17, 15) is 13.2 Å². The van der Waals surface area contributed by atoms with Crippen LogP contribution in [0, 0.1) is 0 Å². The van der Waals surface area contributed by atoms with E-state index in [2.05, 4.69) is 0 Å². The first-order valence-corrected chi connectivity index (χ1v) is 5.81. The summed E-state index contributed by atoms with van der Waals surface area (Å²) in [5.74, 6) is -2.76. The minimum absolute atomic E-state index is 0.568. The van der Waals surface area contributed by atoms with Crippen molar-refractivity contribution in [3.63, 3.8) is 0 Å². The molecule has 0 bridgehead atoms. The number of hydrogen-bond acceptors (Lipinski definition) is 2. The summed E-state index contributed by atoms with van der Waals surface area (Å²) in [6.07, 6.45) is -5.08. The molecule has 0 aromatic heterocycles. The molecule has 2 aromatic rings. The van der Waals surface area contributed by atoms with E-state index >= 15 is 0 Å². The van der Waals surface area contributed by atoms with Crippen molar-refractivity contribution in [1.82, 2.24) is 0 Å². The van der Waals surface area contributed by atoms with Gasteiger partial charge in [-0.15, -0.1) is 0 Å². The van der Waals surface area contributed by atoms with Gasteiger partial charge < -0.3 is 10.8 Å². The van der Waals surface area contributed by atoms with Crippen LogP contribution in [0.15, 0.2) is 36.4 Å². The number of rotatable bonds is 1. The molecule has 0 spiro atoms. The van der Waals surface area contributed by atoms with Gasteiger partial charge in [0, 0.05) is 11.6 Å². The van der Waals surface area contributed by atoms with Crippen LogP contribution in [0.1, 0.15) is 5.56 Å². The molecule has 0 aliphatic heterocycles. The van der Waals surface area contributed by atoms with E-state index in [1.165, 1.54) is 5.39 Å². The van der Waals surface area contributed by atoms with E-state index in [1.54, 1.807) is 0 Å². The molecule has 0 fully saturated rings. The summed E-state index contributed by atoms with van der Waals surface area (Å²) in [6.45, 7) is 0.568. The van der Waals surface area contributed by atoms with Crippen molar-refractivity contribution in [2.75, 3.05) is 0 Å². The first-order valence-electron chi connectivity index (χ1n) is 5.43.